The van der Waals surface area contributed by atoms with Crippen molar-refractivity contribution in [3.8, 4) is 0 Å². The third kappa shape index (κ3) is 3.89. The molecule has 0 aliphatic heterocycles. The van der Waals surface area contributed by atoms with Gasteiger partial charge in [0, 0.05) is 43.5 Å². The zero-order valence-electron chi connectivity index (χ0n) is 15.9. The van der Waals surface area contributed by atoms with Crippen molar-refractivity contribution in [3.05, 3.63) is 29.6 Å². The van der Waals surface area contributed by atoms with Crippen LogP contribution in [0.15, 0.2) is 23.3 Å². The molecule has 0 spiro atoms. The first-order valence-electron chi connectivity index (χ1n) is 8.84. The summed E-state index contributed by atoms with van der Waals surface area (Å²) in [5.41, 5.74) is 2.26. The van der Waals surface area contributed by atoms with Crippen LogP contribution in [0.4, 0.5) is 0 Å². The van der Waals surface area contributed by atoms with Gasteiger partial charge in [-0.15, -0.1) is 0 Å². The SMILES string of the molecule is CCNC(=NCCc1ccc(C)nc1)NC1CC(C)(OC)C1(C)C. The van der Waals surface area contributed by atoms with Crippen LogP contribution in [0, 0.1) is 12.3 Å². The first kappa shape index (κ1) is 18.7. The second-order valence-corrected chi connectivity index (χ2v) is 7.38. The number of nitrogens with one attached hydrogen (secondary N) is 2. The third-order valence-corrected chi connectivity index (χ3v) is 5.58. The number of methoxy groups -OCH3 is 1. The predicted molar refractivity (Wildman–Crippen MR) is 99.4 cm³/mol. The second-order valence-electron chi connectivity index (χ2n) is 7.38. The molecule has 1 heterocycles. The summed E-state index contributed by atoms with van der Waals surface area (Å²) in [6.07, 6.45) is 3.82. The molecule has 24 heavy (non-hydrogen) atoms. The van der Waals surface area contributed by atoms with E-state index in [0.717, 1.165) is 37.6 Å². The number of aliphatic imine (C=N–C) groups is 1. The van der Waals surface area contributed by atoms with E-state index < -0.39 is 0 Å². The second kappa shape index (κ2) is 7.51. The van der Waals surface area contributed by atoms with Crippen LogP contribution in [0.5, 0.6) is 0 Å². The normalized spacial score (nSPS) is 25.9. The highest BCUT2D eigenvalue weighted by molar-refractivity contribution is 5.80. The topological polar surface area (TPSA) is 58.5 Å². The Morgan fingerprint density at radius 2 is 2.12 bits per heavy atom. The number of rotatable bonds is 6. The van der Waals surface area contributed by atoms with Crippen LogP contribution >= 0.6 is 0 Å². The zero-order chi connectivity index (χ0) is 17.8. The summed E-state index contributed by atoms with van der Waals surface area (Å²) < 4.78 is 5.70. The lowest BCUT2D eigenvalue weighted by atomic mass is 9.56. The molecule has 0 aromatic carbocycles. The van der Waals surface area contributed by atoms with E-state index in [1.165, 1.54) is 5.56 Å². The van der Waals surface area contributed by atoms with Gasteiger partial charge in [0.25, 0.3) is 0 Å². The van der Waals surface area contributed by atoms with E-state index in [0.29, 0.717) is 6.04 Å². The van der Waals surface area contributed by atoms with Crippen LogP contribution < -0.4 is 10.6 Å². The molecule has 0 radical (unpaired) electrons. The van der Waals surface area contributed by atoms with Crippen molar-refractivity contribution in [1.82, 2.24) is 15.6 Å². The fourth-order valence-corrected chi connectivity index (χ4v) is 3.15. The van der Waals surface area contributed by atoms with Crippen molar-refractivity contribution >= 4 is 5.96 Å². The Morgan fingerprint density at radius 1 is 1.38 bits per heavy atom. The Balaban J connectivity index is 1.93. The molecule has 1 aliphatic rings. The quantitative estimate of drug-likeness (QED) is 0.621. The largest absolute Gasteiger partial charge is 0.378 e. The van der Waals surface area contributed by atoms with Gasteiger partial charge >= 0.3 is 0 Å². The van der Waals surface area contributed by atoms with Crippen molar-refractivity contribution in [2.45, 2.75) is 59.1 Å². The van der Waals surface area contributed by atoms with E-state index in [-0.39, 0.29) is 11.0 Å². The van der Waals surface area contributed by atoms with Crippen molar-refractivity contribution in [3.63, 3.8) is 0 Å². The zero-order valence-corrected chi connectivity index (χ0v) is 15.9. The summed E-state index contributed by atoms with van der Waals surface area (Å²) >= 11 is 0. The average molecular weight is 332 g/mol. The first-order valence-corrected chi connectivity index (χ1v) is 8.84. The number of guanidine groups is 1. The summed E-state index contributed by atoms with van der Waals surface area (Å²) in [7, 11) is 1.80. The standard InChI is InChI=1S/C19H32N4O/c1-7-20-17(21-11-10-15-9-8-14(2)22-13-15)23-16-12-19(5,24-6)18(16,3)4/h8-9,13,16H,7,10-12H2,1-6H3,(H2,20,21,23). The Morgan fingerprint density at radius 3 is 2.67 bits per heavy atom. The van der Waals surface area contributed by atoms with E-state index in [4.69, 9.17) is 9.73 Å². The highest BCUT2D eigenvalue weighted by Gasteiger charge is 2.58. The maximum Gasteiger partial charge on any atom is 0.191 e. The minimum absolute atomic E-state index is 0.0683. The van der Waals surface area contributed by atoms with Gasteiger partial charge in [0.05, 0.1) is 5.60 Å². The molecule has 1 aliphatic carbocycles. The highest BCUT2D eigenvalue weighted by atomic mass is 16.5. The van der Waals surface area contributed by atoms with E-state index >= 15 is 0 Å². The van der Waals surface area contributed by atoms with Crippen LogP contribution in [0.2, 0.25) is 0 Å². The van der Waals surface area contributed by atoms with E-state index in [2.05, 4.69) is 49.4 Å². The van der Waals surface area contributed by atoms with Crippen LogP contribution in [-0.2, 0) is 11.2 Å². The minimum atomic E-state index is -0.0738. The van der Waals surface area contributed by atoms with Gasteiger partial charge in [0.15, 0.2) is 5.96 Å². The smallest absolute Gasteiger partial charge is 0.191 e. The molecule has 2 rings (SSSR count). The van der Waals surface area contributed by atoms with Gasteiger partial charge in [-0.05, 0) is 45.2 Å². The molecular formula is C19H32N4O. The number of nitrogens with zero attached hydrogens (tertiary/aromatic N) is 2. The van der Waals surface area contributed by atoms with Crippen molar-refractivity contribution in [1.29, 1.82) is 0 Å². The fourth-order valence-electron chi connectivity index (χ4n) is 3.15. The highest BCUT2D eigenvalue weighted by Crippen LogP contribution is 2.51. The van der Waals surface area contributed by atoms with Crippen LogP contribution in [-0.4, -0.2) is 42.8 Å². The Labute approximate surface area is 146 Å². The summed E-state index contributed by atoms with van der Waals surface area (Å²) in [4.78, 5) is 9.05. The molecule has 2 unspecified atom stereocenters. The molecule has 2 N–H and O–H groups in total. The lowest BCUT2D eigenvalue weighted by molar-refractivity contribution is -0.176. The Bertz CT molecular complexity index is 567. The van der Waals surface area contributed by atoms with Gasteiger partial charge in [-0.1, -0.05) is 19.9 Å². The van der Waals surface area contributed by atoms with E-state index in [9.17, 15) is 0 Å². The maximum absolute atomic E-state index is 5.70. The van der Waals surface area contributed by atoms with Crippen LogP contribution in [0.25, 0.3) is 0 Å². The van der Waals surface area contributed by atoms with E-state index in [1.54, 1.807) is 7.11 Å². The lowest BCUT2D eigenvalue weighted by Crippen LogP contribution is -2.69. The molecule has 2 atom stereocenters. The molecule has 134 valence electrons. The molecule has 1 aromatic heterocycles. The predicted octanol–water partition coefficient (Wildman–Crippen LogP) is 2.69. The van der Waals surface area contributed by atoms with Crippen LogP contribution in [0.1, 0.15) is 45.4 Å². The Kier molecular flexibility index (Phi) is 5.86. The number of hydrogen-bond acceptors (Lipinski definition) is 3. The summed E-state index contributed by atoms with van der Waals surface area (Å²) in [5, 5.41) is 6.92. The van der Waals surface area contributed by atoms with Crippen molar-refractivity contribution in [2.75, 3.05) is 20.2 Å². The Hall–Kier alpha value is -1.62. The molecule has 0 amide bonds. The summed E-state index contributed by atoms with van der Waals surface area (Å²) in [6, 6.07) is 4.53. The molecule has 1 aromatic rings. The van der Waals surface area contributed by atoms with E-state index in [1.807, 2.05) is 19.2 Å². The lowest BCUT2D eigenvalue weighted by Gasteiger charge is -2.59. The van der Waals surface area contributed by atoms with Crippen LogP contribution in [0.3, 0.4) is 0 Å². The molecule has 1 fully saturated rings. The number of aryl methyl sites for hydroxylation is 1. The molecule has 1 saturated carbocycles. The molecule has 5 nitrogen and oxygen atoms in total. The summed E-state index contributed by atoms with van der Waals surface area (Å²) in [5.74, 6) is 0.883. The first-order chi connectivity index (χ1) is 11.3. The van der Waals surface area contributed by atoms with Crippen molar-refractivity contribution < 1.29 is 4.74 Å². The minimum Gasteiger partial charge on any atom is -0.378 e. The molecular weight excluding hydrogens is 300 g/mol. The monoisotopic (exact) mass is 332 g/mol. The van der Waals surface area contributed by atoms with Gasteiger partial charge < -0.3 is 15.4 Å². The fraction of sp³-hybridized carbons (Fsp3) is 0.684. The third-order valence-electron chi connectivity index (χ3n) is 5.58. The molecule has 5 heteroatoms. The molecule has 0 bridgehead atoms. The number of pyridine rings is 1. The van der Waals surface area contributed by atoms with Crippen molar-refractivity contribution in [2.24, 2.45) is 10.4 Å². The number of ether oxygens (including phenoxy) is 1. The average Bonchev–Trinajstić information content (AvgIpc) is 2.56. The van der Waals surface area contributed by atoms with Gasteiger partial charge in [-0.2, -0.15) is 0 Å². The van der Waals surface area contributed by atoms with Gasteiger partial charge in [0.2, 0.25) is 0 Å². The van der Waals surface area contributed by atoms with Gasteiger partial charge in [-0.25, -0.2) is 0 Å². The molecule has 0 saturated heterocycles. The van der Waals surface area contributed by atoms with Gasteiger partial charge in [-0.3, -0.25) is 9.98 Å². The number of aromatic nitrogens is 1. The number of hydrogen-bond donors (Lipinski definition) is 2. The summed E-state index contributed by atoms with van der Waals surface area (Å²) in [6.45, 7) is 12.4. The van der Waals surface area contributed by atoms with Gasteiger partial charge in [0.1, 0.15) is 0 Å². The maximum atomic E-state index is 5.70.